The fourth-order valence-electron chi connectivity index (χ4n) is 1.54. The van der Waals surface area contributed by atoms with Crippen molar-refractivity contribution in [3.8, 4) is 17.6 Å². The molecule has 0 spiro atoms. The molecule has 3 nitrogen and oxygen atoms in total. The molecule has 0 aliphatic rings. The van der Waals surface area contributed by atoms with E-state index in [2.05, 4.69) is 25.7 Å². The van der Waals surface area contributed by atoms with Gasteiger partial charge in [0.1, 0.15) is 5.75 Å². The summed E-state index contributed by atoms with van der Waals surface area (Å²) >= 11 is 0. The summed E-state index contributed by atoms with van der Waals surface area (Å²) in [6, 6.07) is 5.79. The predicted octanol–water partition coefficient (Wildman–Crippen LogP) is 2.74. The van der Waals surface area contributed by atoms with Gasteiger partial charge in [0.2, 0.25) is 0 Å². The fraction of sp³-hybridized carbons (Fsp3) is 0.500. The van der Waals surface area contributed by atoms with Crippen LogP contribution in [-0.2, 0) is 11.3 Å². The maximum Gasteiger partial charge on any atom is 0.124 e. The smallest absolute Gasteiger partial charge is 0.124 e. The standard InChI is InChI=1S/C16H22O3/c1-4-13(2)19-12-15-11-14(7-5-6-10-17)8-9-16(15)18-3/h8-9,11,13,17H,4,6,10,12H2,1-3H3. The van der Waals surface area contributed by atoms with E-state index in [0.29, 0.717) is 13.0 Å². The second-order valence-electron chi connectivity index (χ2n) is 4.33. The lowest BCUT2D eigenvalue weighted by Gasteiger charge is -2.13. The molecule has 1 unspecified atom stereocenters. The van der Waals surface area contributed by atoms with Crippen LogP contribution in [0.5, 0.6) is 5.75 Å². The van der Waals surface area contributed by atoms with Gasteiger partial charge in [0.15, 0.2) is 0 Å². The Morgan fingerprint density at radius 2 is 2.16 bits per heavy atom. The van der Waals surface area contributed by atoms with Gasteiger partial charge in [0.25, 0.3) is 0 Å². The van der Waals surface area contributed by atoms with Crippen molar-refractivity contribution in [1.82, 2.24) is 0 Å². The maximum absolute atomic E-state index is 8.71. The molecule has 0 bridgehead atoms. The number of benzene rings is 1. The maximum atomic E-state index is 8.71. The van der Waals surface area contributed by atoms with Gasteiger partial charge in [0.05, 0.1) is 26.4 Å². The van der Waals surface area contributed by atoms with Crippen molar-refractivity contribution in [2.75, 3.05) is 13.7 Å². The third-order valence-corrected chi connectivity index (χ3v) is 2.85. The Hall–Kier alpha value is -1.50. The van der Waals surface area contributed by atoms with Gasteiger partial charge in [-0.1, -0.05) is 18.8 Å². The number of hydrogen-bond donors (Lipinski definition) is 1. The molecule has 19 heavy (non-hydrogen) atoms. The van der Waals surface area contributed by atoms with Gasteiger partial charge < -0.3 is 14.6 Å². The number of aliphatic hydroxyl groups excluding tert-OH is 1. The van der Waals surface area contributed by atoms with Crippen LogP contribution in [0.3, 0.4) is 0 Å². The van der Waals surface area contributed by atoms with Gasteiger partial charge in [-0.05, 0) is 31.5 Å². The second kappa shape index (κ2) is 8.58. The van der Waals surface area contributed by atoms with Crippen LogP contribution in [0.15, 0.2) is 18.2 Å². The second-order valence-corrected chi connectivity index (χ2v) is 4.33. The zero-order chi connectivity index (χ0) is 14.1. The molecule has 1 N–H and O–H groups in total. The molecule has 1 aromatic carbocycles. The summed E-state index contributed by atoms with van der Waals surface area (Å²) in [7, 11) is 1.65. The van der Waals surface area contributed by atoms with Crippen LogP contribution in [0.25, 0.3) is 0 Å². The largest absolute Gasteiger partial charge is 0.496 e. The normalized spacial score (nSPS) is 11.6. The van der Waals surface area contributed by atoms with Crippen molar-refractivity contribution >= 4 is 0 Å². The average Bonchev–Trinajstić information content (AvgIpc) is 2.45. The van der Waals surface area contributed by atoms with E-state index in [9.17, 15) is 0 Å². The first-order valence-corrected chi connectivity index (χ1v) is 6.59. The van der Waals surface area contributed by atoms with Crippen LogP contribution in [-0.4, -0.2) is 24.9 Å². The molecule has 0 saturated carbocycles. The van der Waals surface area contributed by atoms with Gasteiger partial charge in [-0.15, -0.1) is 0 Å². The molecule has 0 radical (unpaired) electrons. The zero-order valence-electron chi connectivity index (χ0n) is 11.9. The highest BCUT2D eigenvalue weighted by atomic mass is 16.5. The summed E-state index contributed by atoms with van der Waals surface area (Å²) in [5.41, 5.74) is 1.91. The van der Waals surface area contributed by atoms with Crippen LogP contribution in [0, 0.1) is 11.8 Å². The van der Waals surface area contributed by atoms with Gasteiger partial charge in [-0.25, -0.2) is 0 Å². The lowest BCUT2D eigenvalue weighted by Crippen LogP contribution is -2.07. The Morgan fingerprint density at radius 3 is 2.79 bits per heavy atom. The first-order valence-electron chi connectivity index (χ1n) is 6.59. The van der Waals surface area contributed by atoms with Crippen LogP contribution in [0.4, 0.5) is 0 Å². The number of methoxy groups -OCH3 is 1. The monoisotopic (exact) mass is 262 g/mol. The molecule has 3 heteroatoms. The van der Waals surface area contributed by atoms with Gasteiger partial charge in [0, 0.05) is 17.5 Å². The Kier molecular flexibility index (Phi) is 7.02. The molecule has 0 fully saturated rings. The summed E-state index contributed by atoms with van der Waals surface area (Å²) in [5.74, 6) is 6.74. The molecule has 1 aromatic rings. The summed E-state index contributed by atoms with van der Waals surface area (Å²) in [6.45, 7) is 4.76. The molecule has 0 aliphatic heterocycles. The van der Waals surface area contributed by atoms with E-state index >= 15 is 0 Å². The lowest BCUT2D eigenvalue weighted by molar-refractivity contribution is 0.0497. The Morgan fingerprint density at radius 1 is 1.37 bits per heavy atom. The van der Waals surface area contributed by atoms with E-state index in [0.717, 1.165) is 23.3 Å². The van der Waals surface area contributed by atoms with Gasteiger partial charge >= 0.3 is 0 Å². The minimum absolute atomic E-state index is 0.0904. The molecule has 1 rings (SSSR count). The average molecular weight is 262 g/mol. The van der Waals surface area contributed by atoms with E-state index in [1.807, 2.05) is 18.2 Å². The Bertz CT molecular complexity index is 443. The van der Waals surface area contributed by atoms with Crippen molar-refractivity contribution in [3.05, 3.63) is 29.3 Å². The summed E-state index contributed by atoms with van der Waals surface area (Å²) in [5, 5.41) is 8.71. The van der Waals surface area contributed by atoms with Crippen molar-refractivity contribution in [2.45, 2.75) is 39.4 Å². The quantitative estimate of drug-likeness (QED) is 0.801. The topological polar surface area (TPSA) is 38.7 Å². The molecular formula is C16H22O3. The molecule has 0 amide bonds. The SMILES string of the molecule is CCC(C)OCc1cc(C#CCCO)ccc1OC. The minimum atomic E-state index is 0.0904. The molecule has 0 aliphatic carbocycles. The van der Waals surface area contributed by atoms with Crippen LogP contribution < -0.4 is 4.74 Å². The van der Waals surface area contributed by atoms with E-state index in [1.54, 1.807) is 7.11 Å². The van der Waals surface area contributed by atoms with Crippen LogP contribution in [0.1, 0.15) is 37.8 Å². The molecule has 0 saturated heterocycles. The molecule has 104 valence electrons. The minimum Gasteiger partial charge on any atom is -0.496 e. The first-order chi connectivity index (χ1) is 9.21. The lowest BCUT2D eigenvalue weighted by atomic mass is 10.1. The number of ether oxygens (including phenoxy) is 2. The van der Waals surface area contributed by atoms with Crippen molar-refractivity contribution < 1.29 is 14.6 Å². The Labute approximate surface area is 115 Å². The Balaban J connectivity index is 2.81. The van der Waals surface area contributed by atoms with E-state index in [1.165, 1.54) is 0 Å². The zero-order valence-corrected chi connectivity index (χ0v) is 11.9. The highest BCUT2D eigenvalue weighted by molar-refractivity contribution is 5.44. The number of hydrogen-bond acceptors (Lipinski definition) is 3. The van der Waals surface area contributed by atoms with Crippen LogP contribution >= 0.6 is 0 Å². The third kappa shape index (κ3) is 5.34. The van der Waals surface area contributed by atoms with E-state index in [-0.39, 0.29) is 12.7 Å². The molecular weight excluding hydrogens is 240 g/mol. The third-order valence-electron chi connectivity index (χ3n) is 2.85. The highest BCUT2D eigenvalue weighted by Crippen LogP contribution is 2.21. The highest BCUT2D eigenvalue weighted by Gasteiger charge is 2.06. The van der Waals surface area contributed by atoms with Crippen molar-refractivity contribution in [2.24, 2.45) is 0 Å². The van der Waals surface area contributed by atoms with Crippen LogP contribution in [0.2, 0.25) is 0 Å². The summed E-state index contributed by atoms with van der Waals surface area (Å²) in [6.07, 6.45) is 1.71. The van der Waals surface area contributed by atoms with Gasteiger partial charge in [-0.2, -0.15) is 0 Å². The van der Waals surface area contributed by atoms with Gasteiger partial charge in [-0.3, -0.25) is 0 Å². The van der Waals surface area contributed by atoms with Crippen molar-refractivity contribution in [1.29, 1.82) is 0 Å². The van der Waals surface area contributed by atoms with E-state index in [4.69, 9.17) is 14.6 Å². The van der Waals surface area contributed by atoms with Crippen molar-refractivity contribution in [3.63, 3.8) is 0 Å². The molecule has 0 heterocycles. The summed E-state index contributed by atoms with van der Waals surface area (Å²) in [4.78, 5) is 0. The van der Waals surface area contributed by atoms with E-state index < -0.39 is 0 Å². The molecule has 0 aromatic heterocycles. The molecule has 1 atom stereocenters. The number of rotatable bonds is 6. The summed E-state index contributed by atoms with van der Waals surface area (Å²) < 4.78 is 11.1. The first kappa shape index (κ1) is 15.6. The fourth-order valence-corrected chi connectivity index (χ4v) is 1.54. The number of aliphatic hydroxyl groups is 1. The predicted molar refractivity (Wildman–Crippen MR) is 76.1 cm³/mol.